The van der Waals surface area contributed by atoms with E-state index in [1.165, 1.54) is 36.4 Å². The Hall–Kier alpha value is -7.38. The van der Waals surface area contributed by atoms with E-state index in [0.29, 0.717) is 83.5 Å². The number of ether oxygens (including phenoxy) is 10. The van der Waals surface area contributed by atoms with Crippen LogP contribution in [0.1, 0.15) is 171 Å². The molecule has 0 amide bonds. The van der Waals surface area contributed by atoms with Gasteiger partial charge in [0, 0.05) is 6.08 Å². The second-order valence-electron chi connectivity index (χ2n) is 21.4. The summed E-state index contributed by atoms with van der Waals surface area (Å²) >= 11 is 0. The molecular weight excluding hydrogens is 1080 g/mol. The number of hydrogen-bond acceptors (Lipinski definition) is 20. The quantitative estimate of drug-likeness (QED) is 0.0134. The summed E-state index contributed by atoms with van der Waals surface area (Å²) in [7, 11) is 0. The van der Waals surface area contributed by atoms with E-state index in [2.05, 4.69) is 17.9 Å². The maximum Gasteiger partial charge on any atom is 0.342 e. The normalized spacial score (nSPS) is 19.9. The van der Waals surface area contributed by atoms with E-state index < -0.39 is 65.5 Å². The van der Waals surface area contributed by atoms with Crippen LogP contribution in [0.15, 0.2) is 61.7 Å². The topological polar surface area (TPSA) is 263 Å². The van der Waals surface area contributed by atoms with Crippen LogP contribution in [0, 0.1) is 47.3 Å². The molecule has 20 heteroatoms. The first-order valence-corrected chi connectivity index (χ1v) is 29.2. The van der Waals surface area contributed by atoms with E-state index in [-0.39, 0.29) is 135 Å². The smallest absolute Gasteiger partial charge is 0.342 e. The van der Waals surface area contributed by atoms with Gasteiger partial charge in [-0.1, -0.05) is 53.2 Å². The van der Waals surface area contributed by atoms with Crippen LogP contribution >= 0.6 is 0 Å². The summed E-state index contributed by atoms with van der Waals surface area (Å²) < 4.78 is 54.6. The number of hydrogen-bond donors (Lipinski definition) is 0. The Morgan fingerprint density at radius 2 is 0.783 bits per heavy atom. The first-order valence-electron chi connectivity index (χ1n) is 29.2. The van der Waals surface area contributed by atoms with Crippen LogP contribution < -0.4 is 18.9 Å². The minimum atomic E-state index is -0.773. The number of benzene rings is 2. The summed E-state index contributed by atoms with van der Waals surface area (Å²) in [6.45, 7) is 17.7. The van der Waals surface area contributed by atoms with Gasteiger partial charge in [0.2, 0.25) is 0 Å². The van der Waals surface area contributed by atoms with Gasteiger partial charge in [0.25, 0.3) is 6.47 Å². The maximum absolute atomic E-state index is 13.6. The van der Waals surface area contributed by atoms with E-state index >= 15 is 0 Å². The van der Waals surface area contributed by atoms with Crippen molar-refractivity contribution in [2.24, 2.45) is 47.3 Å². The molecule has 20 nitrogen and oxygen atoms in total. The Morgan fingerprint density at radius 1 is 0.470 bits per heavy atom. The molecule has 0 aromatic heterocycles. The Kier molecular flexibility index (Phi) is 30.3. The maximum atomic E-state index is 13.6. The molecule has 3 fully saturated rings. The molecule has 2 atom stereocenters. The highest BCUT2D eigenvalue weighted by molar-refractivity contribution is 5.95. The summed E-state index contributed by atoms with van der Waals surface area (Å²) in [6.07, 6.45) is 10.7. The number of carbonyl (C=O) groups excluding carboxylic acids is 10. The van der Waals surface area contributed by atoms with Gasteiger partial charge in [-0.2, -0.15) is 0 Å². The number of esters is 9. The lowest BCUT2D eigenvalue weighted by molar-refractivity contribution is -0.152. The van der Waals surface area contributed by atoms with Gasteiger partial charge in [0.1, 0.15) is 34.1 Å². The fourth-order valence-corrected chi connectivity index (χ4v) is 9.30. The second kappa shape index (κ2) is 37.0. The minimum Gasteiger partial charge on any atom is -0.468 e. The van der Waals surface area contributed by atoms with Crippen LogP contribution in [0.4, 0.5) is 0 Å². The molecule has 3 saturated carbocycles. The molecule has 0 spiro atoms. The van der Waals surface area contributed by atoms with Gasteiger partial charge in [-0.15, -0.1) is 6.58 Å². The third-order valence-corrected chi connectivity index (χ3v) is 14.9. The molecule has 456 valence electrons. The molecule has 0 radical (unpaired) electrons. The molecule has 0 aliphatic heterocycles. The first kappa shape index (κ1) is 68.1. The molecule has 0 heterocycles. The lowest BCUT2D eigenvalue weighted by Crippen LogP contribution is -2.30. The number of carbonyl (C=O) groups is 10. The first-order chi connectivity index (χ1) is 39.9. The van der Waals surface area contributed by atoms with Gasteiger partial charge < -0.3 is 47.4 Å². The van der Waals surface area contributed by atoms with Crippen LogP contribution in [-0.4, -0.2) is 99.8 Å². The molecule has 3 aliphatic rings. The zero-order chi connectivity index (χ0) is 60.7. The van der Waals surface area contributed by atoms with E-state index in [0.717, 1.165) is 18.9 Å². The zero-order valence-corrected chi connectivity index (χ0v) is 48.9. The highest BCUT2D eigenvalue weighted by Crippen LogP contribution is 2.37. The third-order valence-electron chi connectivity index (χ3n) is 14.9. The Bertz CT molecular complexity index is 2490. The van der Waals surface area contributed by atoms with E-state index in [1.807, 2.05) is 34.6 Å². The van der Waals surface area contributed by atoms with Crippen molar-refractivity contribution in [1.29, 1.82) is 0 Å². The van der Waals surface area contributed by atoms with Crippen molar-refractivity contribution in [2.75, 3.05) is 39.6 Å². The van der Waals surface area contributed by atoms with Crippen LogP contribution in [-0.2, 0) is 66.8 Å². The molecule has 5 rings (SSSR count). The fraction of sp³-hybridized carbons (Fsp3) is 0.587. The van der Waals surface area contributed by atoms with Crippen LogP contribution in [0.2, 0.25) is 0 Å². The summed E-state index contributed by atoms with van der Waals surface area (Å²) in [5, 5.41) is 0. The number of unbranched alkanes of at least 4 members (excludes halogenated alkanes) is 2. The zero-order valence-electron chi connectivity index (χ0n) is 48.9. The number of allylic oxidation sites excluding steroid dienone is 1. The molecule has 0 saturated heterocycles. The highest BCUT2D eigenvalue weighted by atomic mass is 16.6. The highest BCUT2D eigenvalue weighted by Gasteiger charge is 2.36. The molecular formula is C63H84O20. The SMILES string of the molecule is C=CC.C=CC(=O)OCCCCOC(=O)C1CCC(C(=O)Oc2ccc(OC(=O)C3CCC(C(=O)Oc4ccc(OC(=O)C5CCC(C(=O)OCCCCOC=O)CC5)c(C(=O)OCC(C)CC)c4)CC3)cc2C(=O)OCC(C)CC)CC1. The summed E-state index contributed by atoms with van der Waals surface area (Å²) in [6, 6.07) is 8.17. The summed E-state index contributed by atoms with van der Waals surface area (Å²) in [4.78, 5) is 128. The van der Waals surface area contributed by atoms with Crippen molar-refractivity contribution in [2.45, 2.75) is 150 Å². The predicted molar refractivity (Wildman–Crippen MR) is 301 cm³/mol. The molecule has 83 heavy (non-hydrogen) atoms. The molecule has 0 N–H and O–H groups in total. The number of rotatable bonds is 30. The molecule has 2 aromatic carbocycles. The van der Waals surface area contributed by atoms with Gasteiger partial charge >= 0.3 is 53.7 Å². The van der Waals surface area contributed by atoms with Crippen molar-refractivity contribution in [1.82, 2.24) is 0 Å². The van der Waals surface area contributed by atoms with Crippen molar-refractivity contribution in [3.05, 3.63) is 72.8 Å². The molecule has 2 aromatic rings. The van der Waals surface area contributed by atoms with Gasteiger partial charge in [-0.05, 0) is 158 Å². The van der Waals surface area contributed by atoms with Crippen LogP contribution in [0.25, 0.3) is 0 Å². The van der Waals surface area contributed by atoms with Crippen molar-refractivity contribution < 1.29 is 95.3 Å². The van der Waals surface area contributed by atoms with Crippen LogP contribution in [0.3, 0.4) is 0 Å². The van der Waals surface area contributed by atoms with Crippen molar-refractivity contribution >= 4 is 60.2 Å². The second-order valence-corrected chi connectivity index (χ2v) is 21.4. The van der Waals surface area contributed by atoms with Gasteiger partial charge in [-0.3, -0.25) is 33.6 Å². The monoisotopic (exact) mass is 1160 g/mol. The van der Waals surface area contributed by atoms with E-state index in [9.17, 15) is 47.9 Å². The van der Waals surface area contributed by atoms with Crippen molar-refractivity contribution in [3.63, 3.8) is 0 Å². The Morgan fingerprint density at radius 3 is 1.11 bits per heavy atom. The van der Waals surface area contributed by atoms with Gasteiger partial charge in [-0.25, -0.2) is 14.4 Å². The average Bonchev–Trinajstić information content (AvgIpc) is 3.70. The third kappa shape index (κ3) is 23.4. The standard InChI is InChI=1S/C60H78O20.C3H6/c1-6-38(4)35-75-59(69)48-33-46(25-27-50(48)79-57(67)44-17-13-40(14-18-44)53(63)73-31-10-9-29-71-37-61)77-55(65)42-21-23-43(24-22-42)56(66)78-47-26-28-51(49(34-47)60(70)76-36-39(5)7-2)80-58(68)45-19-15-41(16-20-45)54(64)74-32-12-11-30-72-52(62)8-3;1-3-2/h8,25-28,33-34,37-45H,3,6-7,9-24,29-32,35-36H2,1-2,4-5H3;3H,1H2,2H3. The Labute approximate surface area is 486 Å². The van der Waals surface area contributed by atoms with Gasteiger partial charge in [0.05, 0.1) is 75.1 Å². The van der Waals surface area contributed by atoms with Crippen LogP contribution in [0.5, 0.6) is 23.0 Å². The van der Waals surface area contributed by atoms with Crippen molar-refractivity contribution in [3.8, 4) is 23.0 Å². The van der Waals surface area contributed by atoms with E-state index in [4.69, 9.17) is 42.6 Å². The predicted octanol–water partition coefficient (Wildman–Crippen LogP) is 10.6. The van der Waals surface area contributed by atoms with E-state index in [1.54, 1.807) is 6.08 Å². The summed E-state index contributed by atoms with van der Waals surface area (Å²) in [5.74, 6) is -8.14. The largest absolute Gasteiger partial charge is 0.468 e. The lowest BCUT2D eigenvalue weighted by atomic mass is 9.82. The lowest BCUT2D eigenvalue weighted by Gasteiger charge is -2.26. The Balaban J connectivity index is 0.00000482. The minimum absolute atomic E-state index is 0.0217. The molecule has 2 unspecified atom stereocenters. The molecule has 3 aliphatic carbocycles. The summed E-state index contributed by atoms with van der Waals surface area (Å²) in [5.41, 5.74) is -0.220. The molecule has 0 bridgehead atoms. The van der Waals surface area contributed by atoms with Gasteiger partial charge in [0.15, 0.2) is 0 Å². The average molecular weight is 1160 g/mol. The fourth-order valence-electron chi connectivity index (χ4n) is 9.30.